The van der Waals surface area contributed by atoms with E-state index in [-0.39, 0.29) is 0 Å². The van der Waals surface area contributed by atoms with Crippen molar-refractivity contribution in [1.29, 1.82) is 0 Å². The molecular formula is C13H14F2N4. The third kappa shape index (κ3) is 3.15. The number of aryl methyl sites for hydroxylation is 1. The van der Waals surface area contributed by atoms with Gasteiger partial charge in [-0.15, -0.1) is 0 Å². The topological polar surface area (TPSA) is 49.8 Å². The van der Waals surface area contributed by atoms with E-state index in [4.69, 9.17) is 0 Å². The van der Waals surface area contributed by atoms with Gasteiger partial charge in [0.05, 0.1) is 0 Å². The Morgan fingerprint density at radius 1 is 1.05 bits per heavy atom. The van der Waals surface area contributed by atoms with Crippen LogP contribution in [-0.4, -0.2) is 17.0 Å². The summed E-state index contributed by atoms with van der Waals surface area (Å²) in [6.45, 7) is 1.94. The van der Waals surface area contributed by atoms with E-state index < -0.39 is 11.6 Å². The van der Waals surface area contributed by atoms with Crippen LogP contribution >= 0.6 is 0 Å². The molecule has 0 aliphatic carbocycles. The average molecular weight is 264 g/mol. The molecule has 0 aliphatic rings. The Balaban J connectivity index is 2.29. The maximum Gasteiger partial charge on any atom is 0.160 e. The number of benzene rings is 1. The summed E-state index contributed by atoms with van der Waals surface area (Å²) in [7, 11) is 1.75. The lowest BCUT2D eigenvalue weighted by Crippen LogP contribution is -2.03. The van der Waals surface area contributed by atoms with E-state index in [0.29, 0.717) is 29.6 Å². The van der Waals surface area contributed by atoms with Gasteiger partial charge >= 0.3 is 0 Å². The first-order valence-electron chi connectivity index (χ1n) is 5.90. The van der Waals surface area contributed by atoms with Crippen molar-refractivity contribution < 1.29 is 8.78 Å². The molecule has 2 rings (SSSR count). The summed E-state index contributed by atoms with van der Waals surface area (Å²) in [6, 6.07) is 5.30. The SMILES string of the molecule is CCc1nc(NC)cc(Nc2ccc(F)c(F)c2)n1. The van der Waals surface area contributed by atoms with Crippen molar-refractivity contribution in [3.8, 4) is 0 Å². The van der Waals surface area contributed by atoms with E-state index in [0.717, 1.165) is 12.1 Å². The lowest BCUT2D eigenvalue weighted by Gasteiger charge is -2.09. The summed E-state index contributed by atoms with van der Waals surface area (Å²) < 4.78 is 25.9. The molecule has 0 spiro atoms. The third-order valence-corrected chi connectivity index (χ3v) is 2.54. The van der Waals surface area contributed by atoms with Crippen LogP contribution in [0.25, 0.3) is 0 Å². The van der Waals surface area contributed by atoms with Crippen LogP contribution in [0.2, 0.25) is 0 Å². The van der Waals surface area contributed by atoms with Crippen molar-refractivity contribution in [2.45, 2.75) is 13.3 Å². The van der Waals surface area contributed by atoms with Crippen LogP contribution in [0.15, 0.2) is 24.3 Å². The zero-order chi connectivity index (χ0) is 13.8. The zero-order valence-corrected chi connectivity index (χ0v) is 10.7. The Hall–Kier alpha value is -2.24. The molecule has 4 nitrogen and oxygen atoms in total. The molecule has 0 amide bonds. The third-order valence-electron chi connectivity index (χ3n) is 2.54. The van der Waals surface area contributed by atoms with Crippen LogP contribution in [0.1, 0.15) is 12.7 Å². The Labute approximate surface area is 109 Å². The number of aromatic nitrogens is 2. The molecule has 1 aromatic carbocycles. The second-order valence-electron chi connectivity index (χ2n) is 3.91. The average Bonchev–Trinajstić information content (AvgIpc) is 2.42. The molecule has 0 radical (unpaired) electrons. The van der Waals surface area contributed by atoms with Crippen molar-refractivity contribution in [1.82, 2.24) is 9.97 Å². The van der Waals surface area contributed by atoms with Crippen molar-refractivity contribution in [3.05, 3.63) is 41.7 Å². The normalized spacial score (nSPS) is 10.3. The Morgan fingerprint density at radius 2 is 1.79 bits per heavy atom. The second-order valence-corrected chi connectivity index (χ2v) is 3.91. The van der Waals surface area contributed by atoms with Crippen molar-refractivity contribution in [2.24, 2.45) is 0 Å². The summed E-state index contributed by atoms with van der Waals surface area (Å²) in [5.74, 6) is 0.0816. The Kier molecular flexibility index (Phi) is 3.89. The fourth-order valence-corrected chi connectivity index (χ4v) is 1.57. The second kappa shape index (κ2) is 5.60. The predicted molar refractivity (Wildman–Crippen MR) is 70.6 cm³/mol. The molecule has 0 atom stereocenters. The van der Waals surface area contributed by atoms with E-state index >= 15 is 0 Å². The highest BCUT2D eigenvalue weighted by Gasteiger charge is 2.06. The van der Waals surface area contributed by atoms with Gasteiger partial charge < -0.3 is 10.6 Å². The number of halogens is 2. The van der Waals surface area contributed by atoms with Gasteiger partial charge in [-0.05, 0) is 12.1 Å². The molecule has 19 heavy (non-hydrogen) atoms. The maximum absolute atomic E-state index is 13.1. The smallest absolute Gasteiger partial charge is 0.160 e. The van der Waals surface area contributed by atoms with E-state index in [1.165, 1.54) is 6.07 Å². The first-order chi connectivity index (χ1) is 9.12. The summed E-state index contributed by atoms with van der Waals surface area (Å²) in [6.07, 6.45) is 0.683. The van der Waals surface area contributed by atoms with E-state index in [1.54, 1.807) is 13.1 Å². The van der Waals surface area contributed by atoms with Crippen molar-refractivity contribution in [3.63, 3.8) is 0 Å². The summed E-state index contributed by atoms with van der Waals surface area (Å²) in [5.41, 5.74) is 0.432. The minimum absolute atomic E-state index is 0.432. The molecule has 1 heterocycles. The Bertz CT molecular complexity index is 565. The van der Waals surface area contributed by atoms with Crippen molar-refractivity contribution in [2.75, 3.05) is 17.7 Å². The molecule has 0 unspecified atom stereocenters. The molecular weight excluding hydrogens is 250 g/mol. The van der Waals surface area contributed by atoms with Gasteiger partial charge in [-0.2, -0.15) is 0 Å². The zero-order valence-electron chi connectivity index (χ0n) is 10.7. The number of nitrogens with one attached hydrogen (secondary N) is 2. The molecule has 2 N–H and O–H groups in total. The number of hydrogen-bond donors (Lipinski definition) is 2. The lowest BCUT2D eigenvalue weighted by molar-refractivity contribution is 0.509. The molecule has 0 saturated heterocycles. The number of rotatable bonds is 4. The first-order valence-corrected chi connectivity index (χ1v) is 5.90. The number of hydrogen-bond acceptors (Lipinski definition) is 4. The van der Waals surface area contributed by atoms with Gasteiger partial charge in [-0.1, -0.05) is 6.92 Å². The van der Waals surface area contributed by atoms with Crippen LogP contribution in [0.3, 0.4) is 0 Å². The van der Waals surface area contributed by atoms with E-state index in [2.05, 4.69) is 20.6 Å². The monoisotopic (exact) mass is 264 g/mol. The molecule has 6 heteroatoms. The van der Waals surface area contributed by atoms with Crippen LogP contribution in [-0.2, 0) is 6.42 Å². The number of nitrogens with zero attached hydrogens (tertiary/aromatic N) is 2. The fraction of sp³-hybridized carbons (Fsp3) is 0.231. The van der Waals surface area contributed by atoms with Crippen LogP contribution < -0.4 is 10.6 Å². The fourth-order valence-electron chi connectivity index (χ4n) is 1.57. The minimum Gasteiger partial charge on any atom is -0.373 e. The Morgan fingerprint density at radius 3 is 2.42 bits per heavy atom. The molecule has 0 fully saturated rings. The van der Waals surface area contributed by atoms with Crippen LogP contribution in [0.5, 0.6) is 0 Å². The summed E-state index contributed by atoms with van der Waals surface area (Å²) >= 11 is 0. The molecule has 0 aliphatic heterocycles. The maximum atomic E-state index is 13.1. The van der Waals surface area contributed by atoms with Gasteiger partial charge in [0.15, 0.2) is 11.6 Å². The highest BCUT2D eigenvalue weighted by molar-refractivity contribution is 5.59. The van der Waals surface area contributed by atoms with Gasteiger partial charge in [-0.3, -0.25) is 0 Å². The van der Waals surface area contributed by atoms with Crippen LogP contribution in [0.4, 0.5) is 26.1 Å². The highest BCUT2D eigenvalue weighted by Crippen LogP contribution is 2.19. The van der Waals surface area contributed by atoms with E-state index in [9.17, 15) is 8.78 Å². The standard InChI is InChI=1S/C13H14F2N4/c1-3-11-18-12(16-2)7-13(19-11)17-8-4-5-9(14)10(15)6-8/h4-7H,3H2,1-2H3,(H2,16,17,18,19). The van der Waals surface area contributed by atoms with Gasteiger partial charge in [0, 0.05) is 31.3 Å². The lowest BCUT2D eigenvalue weighted by atomic mass is 10.3. The van der Waals surface area contributed by atoms with E-state index in [1.807, 2.05) is 6.92 Å². The predicted octanol–water partition coefficient (Wildman–Crippen LogP) is 3.10. The van der Waals surface area contributed by atoms with Gasteiger partial charge in [0.1, 0.15) is 17.5 Å². The summed E-state index contributed by atoms with van der Waals surface area (Å²) in [4.78, 5) is 8.52. The minimum atomic E-state index is -0.899. The molecule has 0 saturated carbocycles. The summed E-state index contributed by atoms with van der Waals surface area (Å²) in [5, 5.41) is 5.85. The molecule has 1 aromatic heterocycles. The number of anilines is 3. The molecule has 100 valence electrons. The van der Waals surface area contributed by atoms with Crippen molar-refractivity contribution >= 4 is 17.3 Å². The molecule has 2 aromatic rings. The first kappa shape index (κ1) is 13.2. The highest BCUT2D eigenvalue weighted by atomic mass is 19.2. The largest absolute Gasteiger partial charge is 0.373 e. The molecule has 0 bridgehead atoms. The quantitative estimate of drug-likeness (QED) is 0.891. The van der Waals surface area contributed by atoms with Gasteiger partial charge in [-0.25, -0.2) is 18.7 Å². The van der Waals surface area contributed by atoms with Gasteiger partial charge in [0.25, 0.3) is 0 Å². The van der Waals surface area contributed by atoms with Gasteiger partial charge in [0.2, 0.25) is 0 Å². The van der Waals surface area contributed by atoms with Crippen LogP contribution in [0, 0.1) is 11.6 Å².